The molecule has 0 saturated heterocycles. The predicted octanol–water partition coefficient (Wildman–Crippen LogP) is 6.06. The number of aromatic nitrogens is 2. The van der Waals surface area contributed by atoms with Crippen molar-refractivity contribution in [3.63, 3.8) is 0 Å². The molecular weight excluding hydrogens is 462 g/mol. The summed E-state index contributed by atoms with van der Waals surface area (Å²) in [4.78, 5) is 19.1. The zero-order valence-electron chi connectivity index (χ0n) is 18.8. The number of para-hydroxylation sites is 2. The second-order valence-electron chi connectivity index (χ2n) is 7.93. The van der Waals surface area contributed by atoms with Gasteiger partial charge in [0, 0.05) is 35.6 Å². The number of nitrogens with zero attached hydrogens (tertiary/aromatic N) is 4. The van der Waals surface area contributed by atoms with Gasteiger partial charge in [0.15, 0.2) is 0 Å². The Kier molecular flexibility index (Phi) is 6.33. The van der Waals surface area contributed by atoms with Gasteiger partial charge < -0.3 is 9.80 Å². The lowest BCUT2D eigenvalue weighted by molar-refractivity contribution is -0.111. The van der Waals surface area contributed by atoms with Crippen molar-refractivity contribution in [2.75, 3.05) is 29.2 Å². The highest BCUT2D eigenvalue weighted by Gasteiger charge is 2.24. The highest BCUT2D eigenvalue weighted by atomic mass is 32.2. The Balaban J connectivity index is 1.27. The van der Waals surface area contributed by atoms with Gasteiger partial charge in [-0.05, 0) is 48.0 Å². The predicted molar refractivity (Wildman–Crippen MR) is 141 cm³/mol. The maximum absolute atomic E-state index is 12.4. The summed E-state index contributed by atoms with van der Waals surface area (Å²) in [5, 5.41) is 12.7. The van der Waals surface area contributed by atoms with E-state index in [4.69, 9.17) is 0 Å². The molecule has 0 saturated carbocycles. The van der Waals surface area contributed by atoms with Gasteiger partial charge in [0.05, 0.1) is 17.9 Å². The van der Waals surface area contributed by atoms with Crippen molar-refractivity contribution in [2.45, 2.75) is 16.3 Å². The summed E-state index contributed by atoms with van der Waals surface area (Å²) in [6.07, 6.45) is 3.30. The van der Waals surface area contributed by atoms with Crippen LogP contribution in [0.4, 0.5) is 22.2 Å². The van der Waals surface area contributed by atoms with Crippen LogP contribution in [0.25, 0.3) is 6.08 Å². The van der Waals surface area contributed by atoms with Crippen LogP contribution in [-0.2, 0) is 11.3 Å². The lowest BCUT2D eigenvalue weighted by atomic mass is 10.2. The third-order valence-electron chi connectivity index (χ3n) is 5.36. The van der Waals surface area contributed by atoms with E-state index in [-0.39, 0.29) is 5.91 Å². The van der Waals surface area contributed by atoms with E-state index >= 15 is 0 Å². The summed E-state index contributed by atoms with van der Waals surface area (Å²) in [6, 6.07) is 24.7. The van der Waals surface area contributed by atoms with Crippen LogP contribution in [0.1, 0.15) is 10.6 Å². The molecule has 1 aromatic heterocycles. The summed E-state index contributed by atoms with van der Waals surface area (Å²) in [7, 11) is 3.99. The standard InChI is InChI=1S/C26H23N5OS2/c1-30(2)19-14-11-18(12-15-19)13-16-24(32)27-26-29-28-25(34-26)17-31-20-7-3-5-9-22(20)33-23-10-6-4-8-21(23)31/h3-16H,17H2,1-2H3,(H,27,29,32)/b16-13+. The number of carbonyl (C=O) groups is 1. The molecule has 8 heteroatoms. The minimum Gasteiger partial charge on any atom is -0.378 e. The Morgan fingerprint density at radius 2 is 1.59 bits per heavy atom. The number of hydrogen-bond acceptors (Lipinski definition) is 7. The smallest absolute Gasteiger partial charge is 0.250 e. The van der Waals surface area contributed by atoms with E-state index in [1.54, 1.807) is 17.8 Å². The number of fused-ring (bicyclic) bond motifs is 2. The number of anilines is 4. The molecular formula is C26H23N5OS2. The van der Waals surface area contributed by atoms with Crippen molar-refractivity contribution in [2.24, 2.45) is 0 Å². The van der Waals surface area contributed by atoms with E-state index in [0.29, 0.717) is 11.7 Å². The van der Waals surface area contributed by atoms with Gasteiger partial charge in [-0.15, -0.1) is 10.2 Å². The lowest BCUT2D eigenvalue weighted by Gasteiger charge is -2.31. The monoisotopic (exact) mass is 485 g/mol. The highest BCUT2D eigenvalue weighted by Crippen LogP contribution is 2.48. The first-order chi connectivity index (χ1) is 16.6. The topological polar surface area (TPSA) is 61.4 Å². The van der Waals surface area contributed by atoms with E-state index in [1.807, 2.05) is 55.4 Å². The van der Waals surface area contributed by atoms with Gasteiger partial charge in [-0.2, -0.15) is 0 Å². The van der Waals surface area contributed by atoms with Crippen molar-refractivity contribution in [1.82, 2.24) is 10.2 Å². The fourth-order valence-electron chi connectivity index (χ4n) is 3.66. The molecule has 1 aliphatic rings. The Bertz CT molecular complexity index is 1300. The normalized spacial score (nSPS) is 12.4. The molecule has 3 aromatic carbocycles. The molecule has 0 atom stereocenters. The number of carbonyl (C=O) groups excluding carboxylic acids is 1. The zero-order chi connectivity index (χ0) is 23.5. The van der Waals surface area contributed by atoms with Crippen LogP contribution < -0.4 is 15.1 Å². The van der Waals surface area contributed by atoms with Gasteiger partial charge in [0.25, 0.3) is 0 Å². The quantitative estimate of drug-likeness (QED) is 0.335. The Labute approximate surface area is 206 Å². The maximum atomic E-state index is 12.4. The van der Waals surface area contributed by atoms with Crippen LogP contribution in [0.3, 0.4) is 0 Å². The van der Waals surface area contributed by atoms with Crippen molar-refractivity contribution in [3.05, 3.63) is 89.4 Å². The van der Waals surface area contributed by atoms with E-state index in [0.717, 1.165) is 27.6 Å². The molecule has 6 nitrogen and oxygen atoms in total. The molecule has 4 aromatic rings. The van der Waals surface area contributed by atoms with Crippen molar-refractivity contribution >= 4 is 57.3 Å². The van der Waals surface area contributed by atoms with Gasteiger partial charge in [0.1, 0.15) is 5.01 Å². The molecule has 34 heavy (non-hydrogen) atoms. The Morgan fingerprint density at radius 1 is 0.941 bits per heavy atom. The second-order valence-corrected chi connectivity index (χ2v) is 10.1. The zero-order valence-corrected chi connectivity index (χ0v) is 20.4. The third kappa shape index (κ3) is 4.83. The molecule has 0 aliphatic carbocycles. The highest BCUT2D eigenvalue weighted by molar-refractivity contribution is 7.99. The third-order valence-corrected chi connectivity index (χ3v) is 7.31. The summed E-state index contributed by atoms with van der Waals surface area (Å²) < 4.78 is 0. The molecule has 0 radical (unpaired) electrons. The van der Waals surface area contributed by atoms with Crippen LogP contribution >= 0.6 is 23.1 Å². The number of benzene rings is 3. The largest absolute Gasteiger partial charge is 0.378 e. The fourth-order valence-corrected chi connectivity index (χ4v) is 5.48. The number of nitrogens with one attached hydrogen (secondary N) is 1. The molecule has 0 bridgehead atoms. The van der Waals surface area contributed by atoms with Crippen molar-refractivity contribution in [1.29, 1.82) is 0 Å². The molecule has 2 heterocycles. The average Bonchev–Trinajstić information content (AvgIpc) is 3.29. The second kappa shape index (κ2) is 9.70. The average molecular weight is 486 g/mol. The van der Waals surface area contributed by atoms with Gasteiger partial charge >= 0.3 is 0 Å². The van der Waals surface area contributed by atoms with Crippen LogP contribution in [0.2, 0.25) is 0 Å². The van der Waals surface area contributed by atoms with Crippen LogP contribution in [0, 0.1) is 0 Å². The summed E-state index contributed by atoms with van der Waals surface area (Å²) >= 11 is 3.16. The van der Waals surface area contributed by atoms with Crippen LogP contribution in [-0.4, -0.2) is 30.2 Å². The van der Waals surface area contributed by atoms with Gasteiger partial charge in [-0.1, -0.05) is 59.5 Å². The van der Waals surface area contributed by atoms with Crippen molar-refractivity contribution in [3.8, 4) is 0 Å². The molecule has 1 amide bonds. The minimum atomic E-state index is -0.232. The Morgan fingerprint density at radius 3 is 2.24 bits per heavy atom. The molecule has 0 fully saturated rings. The van der Waals surface area contributed by atoms with Gasteiger partial charge in [0.2, 0.25) is 11.0 Å². The molecule has 1 N–H and O–H groups in total. The molecule has 0 unspecified atom stereocenters. The summed E-state index contributed by atoms with van der Waals surface area (Å²) in [5.41, 5.74) is 4.37. The SMILES string of the molecule is CN(C)c1ccc(/C=C/C(=O)Nc2nnc(CN3c4ccccc4Sc4ccccc43)s2)cc1. The van der Waals surface area contributed by atoms with Crippen LogP contribution in [0.15, 0.2) is 88.7 Å². The minimum absolute atomic E-state index is 0.232. The first-order valence-corrected chi connectivity index (χ1v) is 12.4. The number of rotatable bonds is 6. The van der Waals surface area contributed by atoms with Gasteiger partial charge in [-0.25, -0.2) is 0 Å². The molecule has 1 aliphatic heterocycles. The fraction of sp³-hybridized carbons (Fsp3) is 0.115. The van der Waals surface area contributed by atoms with Crippen LogP contribution in [0.5, 0.6) is 0 Å². The molecule has 0 spiro atoms. The van der Waals surface area contributed by atoms with Gasteiger partial charge in [-0.3, -0.25) is 10.1 Å². The van der Waals surface area contributed by atoms with E-state index in [9.17, 15) is 4.79 Å². The summed E-state index contributed by atoms with van der Waals surface area (Å²) in [5.74, 6) is -0.232. The van der Waals surface area contributed by atoms with E-state index < -0.39 is 0 Å². The summed E-state index contributed by atoms with van der Waals surface area (Å²) in [6.45, 7) is 0.580. The first kappa shape index (κ1) is 22.2. The van der Waals surface area contributed by atoms with Crippen molar-refractivity contribution < 1.29 is 4.79 Å². The molecule has 5 rings (SSSR count). The number of hydrogen-bond donors (Lipinski definition) is 1. The van der Waals surface area contributed by atoms with E-state index in [2.05, 4.69) is 56.8 Å². The Hall–Kier alpha value is -3.62. The molecule has 170 valence electrons. The van der Waals surface area contributed by atoms with E-state index in [1.165, 1.54) is 27.2 Å². The maximum Gasteiger partial charge on any atom is 0.250 e. The lowest BCUT2D eigenvalue weighted by Crippen LogP contribution is -2.20. The first-order valence-electron chi connectivity index (χ1n) is 10.8. The number of amides is 1.